The molecule has 1 aromatic heterocycles. The number of pyridine rings is 1. The van der Waals surface area contributed by atoms with Crippen molar-refractivity contribution < 1.29 is 17.6 Å². The number of piperazine rings is 1. The van der Waals surface area contributed by atoms with Crippen LogP contribution in [0.15, 0.2) is 12.3 Å². The Bertz CT molecular complexity index is 459. The fourth-order valence-corrected chi connectivity index (χ4v) is 2.43. The highest BCUT2D eigenvalue weighted by atomic mass is 35.5. The predicted octanol–water partition coefficient (Wildman–Crippen LogP) is 2.64. The van der Waals surface area contributed by atoms with Gasteiger partial charge in [-0.3, -0.25) is 4.90 Å². The Kier molecular flexibility index (Phi) is 4.70. The molecule has 0 spiro atoms. The molecule has 2 rings (SSSR count). The van der Waals surface area contributed by atoms with Crippen LogP contribution in [0.1, 0.15) is 5.56 Å². The van der Waals surface area contributed by atoms with E-state index in [2.05, 4.69) is 4.98 Å². The topological polar surface area (TPSA) is 19.4 Å². The molecule has 0 atom stereocenters. The van der Waals surface area contributed by atoms with E-state index < -0.39 is 18.5 Å². The van der Waals surface area contributed by atoms with Gasteiger partial charge in [0.1, 0.15) is 11.6 Å². The number of hydrogen-bond donors (Lipinski definition) is 0. The second-order valence-electron chi connectivity index (χ2n) is 4.65. The Morgan fingerprint density at radius 3 is 2.40 bits per heavy atom. The van der Waals surface area contributed by atoms with E-state index in [0.29, 0.717) is 37.6 Å². The number of rotatable bonds is 3. The zero-order valence-corrected chi connectivity index (χ0v) is 11.4. The summed E-state index contributed by atoms with van der Waals surface area (Å²) in [6.45, 7) is 0.512. The van der Waals surface area contributed by atoms with E-state index in [-0.39, 0.29) is 5.88 Å². The van der Waals surface area contributed by atoms with Crippen LogP contribution >= 0.6 is 11.6 Å². The summed E-state index contributed by atoms with van der Waals surface area (Å²) in [5.41, 5.74) is 0.552. The van der Waals surface area contributed by atoms with Gasteiger partial charge in [0.2, 0.25) is 0 Å². The molecule has 0 bridgehead atoms. The van der Waals surface area contributed by atoms with E-state index in [1.54, 1.807) is 0 Å². The van der Waals surface area contributed by atoms with E-state index >= 15 is 0 Å². The lowest BCUT2D eigenvalue weighted by molar-refractivity contribution is -0.146. The van der Waals surface area contributed by atoms with Crippen molar-refractivity contribution in [1.82, 2.24) is 9.88 Å². The Morgan fingerprint density at radius 1 is 1.20 bits per heavy atom. The number of nitrogens with zero attached hydrogens (tertiary/aromatic N) is 3. The van der Waals surface area contributed by atoms with Crippen molar-refractivity contribution in [1.29, 1.82) is 0 Å². The molecule has 0 amide bonds. The third-order valence-corrected chi connectivity index (χ3v) is 3.42. The van der Waals surface area contributed by atoms with E-state index in [9.17, 15) is 17.6 Å². The van der Waals surface area contributed by atoms with Crippen molar-refractivity contribution in [3.05, 3.63) is 23.6 Å². The van der Waals surface area contributed by atoms with Crippen molar-refractivity contribution >= 4 is 17.4 Å². The van der Waals surface area contributed by atoms with Crippen molar-refractivity contribution in [2.24, 2.45) is 0 Å². The van der Waals surface area contributed by atoms with Gasteiger partial charge in [-0.05, 0) is 6.07 Å². The van der Waals surface area contributed by atoms with Crippen molar-refractivity contribution in [2.45, 2.75) is 12.1 Å². The number of aromatic nitrogens is 1. The van der Waals surface area contributed by atoms with Crippen molar-refractivity contribution in [3.8, 4) is 0 Å². The second kappa shape index (κ2) is 6.13. The maximum atomic E-state index is 13.1. The van der Waals surface area contributed by atoms with Gasteiger partial charge in [-0.1, -0.05) is 0 Å². The lowest BCUT2D eigenvalue weighted by Gasteiger charge is -2.36. The summed E-state index contributed by atoms with van der Waals surface area (Å²) < 4.78 is 50.0. The van der Waals surface area contributed by atoms with Gasteiger partial charge in [-0.15, -0.1) is 11.6 Å². The molecule has 20 heavy (non-hydrogen) atoms. The van der Waals surface area contributed by atoms with Crippen LogP contribution in [0.5, 0.6) is 0 Å². The Labute approximate surface area is 119 Å². The van der Waals surface area contributed by atoms with Crippen LogP contribution in [-0.2, 0) is 5.88 Å². The zero-order chi connectivity index (χ0) is 14.8. The average Bonchev–Trinajstić information content (AvgIpc) is 2.38. The third-order valence-electron chi connectivity index (χ3n) is 3.13. The molecule has 1 aliphatic rings. The van der Waals surface area contributed by atoms with Crippen molar-refractivity contribution in [2.75, 3.05) is 37.6 Å². The smallest absolute Gasteiger partial charge is 0.354 e. The molecule has 1 saturated heterocycles. The van der Waals surface area contributed by atoms with Gasteiger partial charge in [0.25, 0.3) is 0 Å². The second-order valence-corrected chi connectivity index (χ2v) is 4.92. The van der Waals surface area contributed by atoms with E-state index in [1.165, 1.54) is 11.0 Å². The van der Waals surface area contributed by atoms with E-state index in [4.69, 9.17) is 11.6 Å². The van der Waals surface area contributed by atoms with Crippen LogP contribution in [-0.4, -0.2) is 48.8 Å². The quantitative estimate of drug-likeness (QED) is 0.632. The largest absolute Gasteiger partial charge is 0.401 e. The van der Waals surface area contributed by atoms with Crippen LogP contribution in [0.25, 0.3) is 0 Å². The molecular weight excluding hydrogens is 298 g/mol. The summed E-state index contributed by atoms with van der Waals surface area (Å²) in [4.78, 5) is 7.18. The molecule has 1 fully saturated rings. The molecule has 0 unspecified atom stereocenters. The lowest BCUT2D eigenvalue weighted by Crippen LogP contribution is -2.49. The number of alkyl halides is 4. The molecule has 3 nitrogen and oxygen atoms in total. The SMILES string of the molecule is Fc1cnc(N2CCN(CC(F)(F)F)CC2)c(CCl)c1. The first-order valence-corrected chi connectivity index (χ1v) is 6.67. The van der Waals surface area contributed by atoms with Crippen molar-refractivity contribution in [3.63, 3.8) is 0 Å². The van der Waals surface area contributed by atoms with Gasteiger partial charge in [0, 0.05) is 31.7 Å². The van der Waals surface area contributed by atoms with E-state index in [1.807, 2.05) is 4.90 Å². The van der Waals surface area contributed by atoms with Crippen LogP contribution < -0.4 is 4.90 Å². The molecule has 112 valence electrons. The minimum Gasteiger partial charge on any atom is -0.354 e. The molecule has 8 heteroatoms. The molecule has 1 aliphatic heterocycles. The van der Waals surface area contributed by atoms with Gasteiger partial charge < -0.3 is 4.90 Å². The fourth-order valence-electron chi connectivity index (χ4n) is 2.23. The number of anilines is 1. The Hall–Kier alpha value is -1.08. The predicted molar refractivity (Wildman–Crippen MR) is 68.5 cm³/mol. The Morgan fingerprint density at radius 2 is 1.85 bits per heavy atom. The highest BCUT2D eigenvalue weighted by Gasteiger charge is 2.32. The molecule has 0 radical (unpaired) electrons. The van der Waals surface area contributed by atoms with Gasteiger partial charge >= 0.3 is 6.18 Å². The number of hydrogen-bond acceptors (Lipinski definition) is 3. The molecule has 0 saturated carbocycles. The summed E-state index contributed by atoms with van der Waals surface area (Å²) in [7, 11) is 0. The average molecular weight is 312 g/mol. The first-order valence-electron chi connectivity index (χ1n) is 6.13. The summed E-state index contributed by atoms with van der Waals surface area (Å²) in [5, 5.41) is 0. The minimum absolute atomic E-state index is 0.114. The first-order chi connectivity index (χ1) is 9.39. The number of halogens is 5. The molecule has 0 aromatic carbocycles. The highest BCUT2D eigenvalue weighted by Crippen LogP contribution is 2.23. The van der Waals surface area contributed by atoms with Gasteiger partial charge in [-0.25, -0.2) is 9.37 Å². The van der Waals surface area contributed by atoms with Crippen LogP contribution in [0.2, 0.25) is 0 Å². The third kappa shape index (κ3) is 3.96. The fraction of sp³-hybridized carbons (Fsp3) is 0.583. The molecule has 2 heterocycles. The molecule has 1 aromatic rings. The van der Waals surface area contributed by atoms with Crippen LogP contribution in [0.4, 0.5) is 23.4 Å². The maximum Gasteiger partial charge on any atom is 0.401 e. The van der Waals surface area contributed by atoms with Gasteiger partial charge in [-0.2, -0.15) is 13.2 Å². The monoisotopic (exact) mass is 311 g/mol. The lowest BCUT2D eigenvalue weighted by atomic mass is 10.2. The van der Waals surface area contributed by atoms with Gasteiger partial charge in [0.05, 0.1) is 18.6 Å². The van der Waals surface area contributed by atoms with E-state index in [0.717, 1.165) is 6.20 Å². The van der Waals surface area contributed by atoms with Crippen LogP contribution in [0, 0.1) is 5.82 Å². The summed E-state index contributed by atoms with van der Waals surface area (Å²) >= 11 is 5.75. The maximum absolute atomic E-state index is 13.1. The first kappa shape index (κ1) is 15.3. The summed E-state index contributed by atoms with van der Waals surface area (Å²) in [6, 6.07) is 1.30. The normalized spacial score (nSPS) is 17.6. The van der Waals surface area contributed by atoms with Crippen LogP contribution in [0.3, 0.4) is 0 Å². The molecule has 0 N–H and O–H groups in total. The zero-order valence-electron chi connectivity index (χ0n) is 10.6. The summed E-state index contributed by atoms with van der Waals surface area (Å²) in [6.07, 6.45) is -3.09. The molecule has 0 aliphatic carbocycles. The minimum atomic E-state index is -4.18. The summed E-state index contributed by atoms with van der Waals surface area (Å²) in [5.74, 6) is 0.191. The standard InChI is InChI=1S/C12H14ClF4N3/c13-6-9-5-10(14)7-18-11(9)20-3-1-19(2-4-20)8-12(15,16)17/h5,7H,1-4,6,8H2. The highest BCUT2D eigenvalue weighted by molar-refractivity contribution is 6.17. The Balaban J connectivity index is 2.00. The molecular formula is C12H14ClF4N3. The van der Waals surface area contributed by atoms with Gasteiger partial charge in [0.15, 0.2) is 0 Å².